The van der Waals surface area contributed by atoms with Gasteiger partial charge < -0.3 is 5.73 Å². The number of nitrogens with two attached hydrogens (primary N) is 1. The lowest BCUT2D eigenvalue weighted by Gasteiger charge is -2.08. The molecule has 6 heteroatoms. The molecule has 1 heterocycles. The molecular formula is C15H10ClFIN3. The number of nitrogens with one attached hydrogen (secondary N) is 1. The van der Waals surface area contributed by atoms with Gasteiger partial charge in [-0.1, -0.05) is 29.8 Å². The second kappa shape index (κ2) is 5.65. The average Bonchev–Trinajstić information content (AvgIpc) is 2.81. The van der Waals surface area contributed by atoms with Crippen molar-refractivity contribution in [2.45, 2.75) is 0 Å². The van der Waals surface area contributed by atoms with Gasteiger partial charge in [0.2, 0.25) is 0 Å². The largest absolute Gasteiger partial charge is 0.382 e. The minimum atomic E-state index is -0.282. The third-order valence-corrected chi connectivity index (χ3v) is 4.36. The number of aromatic amines is 1. The number of hydrogen-bond acceptors (Lipinski definition) is 2. The molecule has 0 aliphatic carbocycles. The minimum absolute atomic E-state index is 0.282. The van der Waals surface area contributed by atoms with E-state index in [1.54, 1.807) is 12.1 Å². The number of H-pyrrole nitrogens is 1. The van der Waals surface area contributed by atoms with E-state index in [2.05, 4.69) is 32.8 Å². The molecule has 0 radical (unpaired) electrons. The molecule has 3 nitrogen and oxygen atoms in total. The molecular weight excluding hydrogens is 404 g/mol. The van der Waals surface area contributed by atoms with Gasteiger partial charge in [0.25, 0.3) is 0 Å². The fourth-order valence-electron chi connectivity index (χ4n) is 2.18. The monoisotopic (exact) mass is 413 g/mol. The van der Waals surface area contributed by atoms with Crippen molar-refractivity contribution in [2.24, 2.45) is 0 Å². The van der Waals surface area contributed by atoms with E-state index in [1.165, 1.54) is 12.1 Å². The van der Waals surface area contributed by atoms with Crippen LogP contribution in [0.4, 0.5) is 10.2 Å². The summed E-state index contributed by atoms with van der Waals surface area (Å²) >= 11 is 8.33. The summed E-state index contributed by atoms with van der Waals surface area (Å²) in [7, 11) is 0. The first-order valence-corrected chi connectivity index (χ1v) is 7.57. The summed E-state index contributed by atoms with van der Waals surface area (Å²) in [5.74, 6) is 0.0770. The van der Waals surface area contributed by atoms with Crippen LogP contribution in [0.5, 0.6) is 0 Å². The summed E-state index contributed by atoms with van der Waals surface area (Å²) in [6.45, 7) is 0. The highest BCUT2D eigenvalue weighted by Gasteiger charge is 2.18. The van der Waals surface area contributed by atoms with E-state index in [0.29, 0.717) is 10.8 Å². The van der Waals surface area contributed by atoms with E-state index in [1.807, 2.05) is 18.2 Å². The Balaban J connectivity index is 2.25. The van der Waals surface area contributed by atoms with Crippen molar-refractivity contribution in [1.82, 2.24) is 10.2 Å². The summed E-state index contributed by atoms with van der Waals surface area (Å²) in [5, 5.41) is 7.57. The van der Waals surface area contributed by atoms with E-state index >= 15 is 0 Å². The van der Waals surface area contributed by atoms with Gasteiger partial charge in [-0.05, 0) is 46.9 Å². The first kappa shape index (κ1) is 14.3. The van der Waals surface area contributed by atoms with Crippen LogP contribution in [-0.4, -0.2) is 10.2 Å². The molecule has 1 aromatic heterocycles. The number of benzene rings is 2. The van der Waals surface area contributed by atoms with Crippen molar-refractivity contribution < 1.29 is 4.39 Å². The molecule has 3 rings (SSSR count). The van der Waals surface area contributed by atoms with Crippen molar-refractivity contribution >= 4 is 40.0 Å². The van der Waals surface area contributed by atoms with E-state index in [4.69, 9.17) is 17.3 Å². The van der Waals surface area contributed by atoms with Gasteiger partial charge in [-0.15, -0.1) is 0 Å². The molecule has 106 valence electrons. The number of aromatic nitrogens is 2. The Bertz CT molecular complexity index is 816. The maximum Gasteiger partial charge on any atom is 0.153 e. The zero-order valence-electron chi connectivity index (χ0n) is 10.7. The normalized spacial score (nSPS) is 10.8. The van der Waals surface area contributed by atoms with Crippen molar-refractivity contribution in [3.8, 4) is 22.4 Å². The van der Waals surface area contributed by atoms with E-state index in [0.717, 1.165) is 26.0 Å². The first-order chi connectivity index (χ1) is 10.1. The van der Waals surface area contributed by atoms with Crippen molar-refractivity contribution in [3.63, 3.8) is 0 Å². The van der Waals surface area contributed by atoms with Crippen LogP contribution in [0.2, 0.25) is 5.02 Å². The van der Waals surface area contributed by atoms with Crippen molar-refractivity contribution in [3.05, 3.63) is 56.9 Å². The van der Waals surface area contributed by atoms with Gasteiger partial charge in [0.15, 0.2) is 5.82 Å². The van der Waals surface area contributed by atoms with Gasteiger partial charge in [0, 0.05) is 19.7 Å². The maximum atomic E-state index is 13.3. The van der Waals surface area contributed by atoms with Crippen LogP contribution < -0.4 is 5.73 Å². The molecule has 0 fully saturated rings. The lowest BCUT2D eigenvalue weighted by atomic mass is 10.0. The number of rotatable bonds is 2. The summed E-state index contributed by atoms with van der Waals surface area (Å²) < 4.78 is 14.0. The zero-order valence-corrected chi connectivity index (χ0v) is 13.6. The van der Waals surface area contributed by atoms with Gasteiger partial charge in [-0.2, -0.15) is 5.10 Å². The van der Waals surface area contributed by atoms with Crippen LogP contribution in [-0.2, 0) is 0 Å². The second-order valence-electron chi connectivity index (χ2n) is 4.46. The first-order valence-electron chi connectivity index (χ1n) is 6.12. The molecule has 21 heavy (non-hydrogen) atoms. The Hall–Kier alpha value is -1.60. The summed E-state index contributed by atoms with van der Waals surface area (Å²) in [5.41, 5.74) is 9.06. The van der Waals surface area contributed by atoms with Gasteiger partial charge in [0.05, 0.1) is 11.3 Å². The maximum absolute atomic E-state index is 13.3. The summed E-state index contributed by atoms with van der Waals surface area (Å²) in [6, 6.07) is 12.0. The Morgan fingerprint density at radius 3 is 2.62 bits per heavy atom. The standard InChI is InChI=1S/C15H10ClFIN3/c16-11-4-2-1-3-9(11)13-14(20-21-15(13)19)10-6-5-8(17)7-12(10)18/h1-7H,(H3,19,20,21). The smallest absolute Gasteiger partial charge is 0.153 e. The second-order valence-corrected chi connectivity index (χ2v) is 6.03. The zero-order chi connectivity index (χ0) is 15.0. The van der Waals surface area contributed by atoms with Crippen LogP contribution in [0, 0.1) is 9.39 Å². The highest BCUT2D eigenvalue weighted by molar-refractivity contribution is 14.1. The minimum Gasteiger partial charge on any atom is -0.382 e. The fourth-order valence-corrected chi connectivity index (χ4v) is 3.16. The third-order valence-electron chi connectivity index (χ3n) is 3.14. The van der Waals surface area contributed by atoms with Crippen molar-refractivity contribution in [1.29, 1.82) is 0 Å². The molecule has 0 aliphatic heterocycles. The Kier molecular flexibility index (Phi) is 3.86. The molecule has 3 N–H and O–H groups in total. The fraction of sp³-hybridized carbons (Fsp3) is 0. The molecule has 0 bridgehead atoms. The number of nitrogens with zero attached hydrogens (tertiary/aromatic N) is 1. The van der Waals surface area contributed by atoms with E-state index in [-0.39, 0.29) is 5.82 Å². The SMILES string of the molecule is Nc1n[nH]c(-c2ccc(F)cc2I)c1-c1ccccc1Cl. The summed E-state index contributed by atoms with van der Waals surface area (Å²) in [4.78, 5) is 0. The topological polar surface area (TPSA) is 54.7 Å². The Morgan fingerprint density at radius 1 is 1.14 bits per heavy atom. The average molecular weight is 414 g/mol. The molecule has 0 aliphatic rings. The predicted molar refractivity (Wildman–Crippen MR) is 91.6 cm³/mol. The van der Waals surface area contributed by atoms with Gasteiger partial charge in [-0.3, -0.25) is 5.10 Å². The third kappa shape index (κ3) is 2.63. The lowest BCUT2D eigenvalue weighted by molar-refractivity contribution is 0.627. The van der Waals surface area contributed by atoms with E-state index in [9.17, 15) is 4.39 Å². The number of anilines is 1. The van der Waals surface area contributed by atoms with Gasteiger partial charge in [-0.25, -0.2) is 4.39 Å². The number of nitrogen functional groups attached to an aromatic ring is 1. The lowest BCUT2D eigenvalue weighted by Crippen LogP contribution is -1.91. The molecule has 0 amide bonds. The molecule has 0 unspecified atom stereocenters. The van der Waals surface area contributed by atoms with Crippen LogP contribution in [0.1, 0.15) is 0 Å². The van der Waals surface area contributed by atoms with Crippen LogP contribution in [0.25, 0.3) is 22.4 Å². The quantitative estimate of drug-likeness (QED) is 0.597. The van der Waals surface area contributed by atoms with Crippen LogP contribution >= 0.6 is 34.2 Å². The Morgan fingerprint density at radius 2 is 1.90 bits per heavy atom. The van der Waals surface area contributed by atoms with Gasteiger partial charge in [0.1, 0.15) is 5.82 Å². The number of hydrogen-bond donors (Lipinski definition) is 2. The van der Waals surface area contributed by atoms with Crippen LogP contribution in [0.3, 0.4) is 0 Å². The molecule has 0 saturated carbocycles. The van der Waals surface area contributed by atoms with Crippen LogP contribution in [0.15, 0.2) is 42.5 Å². The molecule has 3 aromatic rings. The molecule has 0 atom stereocenters. The summed E-state index contributed by atoms with van der Waals surface area (Å²) in [6.07, 6.45) is 0. The Labute approximate surface area is 139 Å². The highest BCUT2D eigenvalue weighted by Crippen LogP contribution is 2.39. The van der Waals surface area contributed by atoms with Crippen molar-refractivity contribution in [2.75, 3.05) is 5.73 Å². The van der Waals surface area contributed by atoms with E-state index < -0.39 is 0 Å². The molecule has 2 aromatic carbocycles. The highest BCUT2D eigenvalue weighted by atomic mass is 127. The predicted octanol–water partition coefficient (Wildman–Crippen LogP) is 4.72. The number of halogens is 3. The molecule has 0 spiro atoms. The molecule has 0 saturated heterocycles. The van der Waals surface area contributed by atoms with Gasteiger partial charge >= 0.3 is 0 Å².